The number of benzene rings is 2. The largest absolute Gasteiger partial charge is 0.507 e. The predicted molar refractivity (Wildman–Crippen MR) is 236 cm³/mol. The summed E-state index contributed by atoms with van der Waals surface area (Å²) in [6, 6.07) is -0.868. The zero-order chi connectivity index (χ0) is 47.7. The fourth-order valence-electron chi connectivity index (χ4n) is 8.44. The second kappa shape index (κ2) is 21.0. The van der Waals surface area contributed by atoms with Crippen LogP contribution in [0, 0.1) is 11.8 Å². The molecule has 358 valence electrons. The van der Waals surface area contributed by atoms with Crippen LogP contribution in [0.5, 0.6) is 17.2 Å². The van der Waals surface area contributed by atoms with E-state index < -0.39 is 137 Å². The molecule has 65 heavy (non-hydrogen) atoms. The number of aliphatic hydroxyl groups excluding tert-OH is 1. The number of ketones is 3. The fraction of sp³-hybridized carbons (Fsp3) is 0.578. The first-order valence-electron chi connectivity index (χ1n) is 21.5. The number of carbonyl (C=O) groups is 7. The zero-order valence-corrected chi connectivity index (χ0v) is 38.8. The van der Waals surface area contributed by atoms with Crippen LogP contribution in [0.15, 0.2) is 18.2 Å². The summed E-state index contributed by atoms with van der Waals surface area (Å²) in [6.07, 6.45) is -5.89. The minimum atomic E-state index is -2.17. The average molecular weight is 932 g/mol. The lowest BCUT2D eigenvalue weighted by molar-refractivity contribution is -0.249. The number of nitrogens with one attached hydrogen (secondary N) is 4. The number of ether oxygens (including phenoxy) is 3. The number of phenols is 2. The third kappa shape index (κ3) is 11.1. The molecule has 3 aliphatic rings. The molecule has 2 aliphatic carbocycles. The molecule has 10 atom stereocenters. The summed E-state index contributed by atoms with van der Waals surface area (Å²) in [6.45, 7) is 12.9. The van der Waals surface area contributed by atoms with E-state index in [4.69, 9.17) is 19.9 Å². The molecule has 10 N–H and O–H groups in total. The monoisotopic (exact) mass is 931 g/mol. The van der Waals surface area contributed by atoms with Crippen molar-refractivity contribution in [3.05, 3.63) is 51.6 Å². The van der Waals surface area contributed by atoms with Crippen molar-refractivity contribution < 1.29 is 68.2 Å². The van der Waals surface area contributed by atoms with Crippen LogP contribution in [0.25, 0.3) is 0 Å². The molecular weight excluding hydrogens is 870 g/mol. The molecule has 1 fully saturated rings. The fourth-order valence-corrected chi connectivity index (χ4v) is 8.44. The number of halogens is 1. The van der Waals surface area contributed by atoms with E-state index in [1.54, 1.807) is 0 Å². The smallest absolute Gasteiger partial charge is 0.243 e. The second-order valence-electron chi connectivity index (χ2n) is 18.0. The average Bonchev–Trinajstić information content (AvgIpc) is 3.21. The number of Topliss-reactive ketones (excluding diaryl/α,β-unsaturated/α-hetero) is 1. The molecule has 1 aliphatic heterocycles. The Bertz CT molecular complexity index is 2200. The summed E-state index contributed by atoms with van der Waals surface area (Å²) >= 11 is 0. The number of aromatic hydroxyl groups is 2. The number of methoxy groups -OCH3 is 1. The summed E-state index contributed by atoms with van der Waals surface area (Å²) < 4.78 is 17.7. The SMILES string of the molecule is COc1cccc2c1C(=O)c1c(O)c3c(c(O)c1C2=O)C[C@@](O)(C(C)=O)C[C@@H]3O[C@H]1C[C@H](NC(=O)[C@H](CC(C)C)NC(=O)[C@H](C)NC(=O)[C@H](CC(C)C)NC(=O)[C@H](C)N)[C@H](O)[C@H](C)O1.Cl. The van der Waals surface area contributed by atoms with E-state index in [2.05, 4.69) is 21.3 Å². The molecule has 2 aromatic carbocycles. The van der Waals surface area contributed by atoms with Gasteiger partial charge in [-0.05, 0) is 58.4 Å². The van der Waals surface area contributed by atoms with Gasteiger partial charge >= 0.3 is 0 Å². The molecule has 0 aromatic heterocycles. The molecule has 0 saturated carbocycles. The van der Waals surface area contributed by atoms with Crippen LogP contribution in [0.2, 0.25) is 0 Å². The molecule has 5 rings (SSSR count). The molecule has 0 unspecified atom stereocenters. The maximum absolute atomic E-state index is 14.0. The number of hydrogen-bond acceptors (Lipinski definition) is 15. The third-order valence-corrected chi connectivity index (χ3v) is 11.9. The van der Waals surface area contributed by atoms with Gasteiger partial charge in [0.25, 0.3) is 0 Å². The molecule has 0 spiro atoms. The van der Waals surface area contributed by atoms with Gasteiger partial charge in [0, 0.05) is 36.0 Å². The highest BCUT2D eigenvalue weighted by Gasteiger charge is 2.50. The van der Waals surface area contributed by atoms with Gasteiger partial charge < -0.3 is 61.6 Å². The number of phenolic OH excluding ortho intramolecular Hbond substituents is 2. The molecule has 0 radical (unpaired) electrons. The Kier molecular flexibility index (Phi) is 16.9. The van der Waals surface area contributed by atoms with E-state index in [1.807, 2.05) is 27.7 Å². The molecule has 19 nitrogen and oxygen atoms in total. The number of fused-ring (bicyclic) bond motifs is 3. The van der Waals surface area contributed by atoms with Crippen molar-refractivity contribution in [2.45, 2.75) is 148 Å². The van der Waals surface area contributed by atoms with Gasteiger partial charge in [0.05, 0.1) is 48.1 Å². The zero-order valence-electron chi connectivity index (χ0n) is 38.0. The minimum Gasteiger partial charge on any atom is -0.507 e. The summed E-state index contributed by atoms with van der Waals surface area (Å²) in [4.78, 5) is 93.8. The standard InChI is InChI=1S/C45H61N5O14.ClH/c1-18(2)13-27(49-41(57)20(5)46)43(59)47-21(6)42(58)50-28(14-19(3)4)44(60)48-26-15-31(63-22(7)36(26)52)64-30-17-45(61,23(8)51)16-25-33(30)40(56)35-34(38(25)54)37(53)24-11-10-12-29(62-9)32(24)39(35)55;/h10-12,18-22,26-28,30-31,36,52,54,56,61H,13-17,46H2,1-9H3,(H,47,59)(H,48,60)(H,49,57)(H,50,58);1H/t20-,21-,22-,26-,27-,28-,30-,31-,36+,45-;/m0./s1. The lowest BCUT2D eigenvalue weighted by Crippen LogP contribution is -2.60. The van der Waals surface area contributed by atoms with E-state index >= 15 is 0 Å². The molecule has 1 heterocycles. The van der Waals surface area contributed by atoms with Gasteiger partial charge in [0.15, 0.2) is 17.9 Å². The highest BCUT2D eigenvalue weighted by atomic mass is 35.5. The summed E-state index contributed by atoms with van der Waals surface area (Å²) in [5.41, 5.74) is 1.90. The Labute approximate surface area is 383 Å². The first-order chi connectivity index (χ1) is 29.9. The quantitative estimate of drug-likeness (QED) is 0.0921. The lowest BCUT2D eigenvalue weighted by Gasteiger charge is -2.43. The van der Waals surface area contributed by atoms with Crippen molar-refractivity contribution in [3.8, 4) is 17.2 Å². The maximum atomic E-state index is 14.0. The first kappa shape index (κ1) is 52.4. The van der Waals surface area contributed by atoms with Gasteiger partial charge in [0.1, 0.15) is 47.1 Å². The topological polar surface area (TPSA) is 302 Å². The number of amides is 4. The van der Waals surface area contributed by atoms with Gasteiger partial charge in [-0.2, -0.15) is 0 Å². The first-order valence-corrected chi connectivity index (χ1v) is 21.5. The molecular formula is C45H62ClN5O14. The Morgan fingerprint density at radius 3 is 2.02 bits per heavy atom. The molecule has 0 bridgehead atoms. The van der Waals surface area contributed by atoms with Crippen LogP contribution >= 0.6 is 12.4 Å². The van der Waals surface area contributed by atoms with Gasteiger partial charge in [0.2, 0.25) is 29.4 Å². The molecule has 4 amide bonds. The van der Waals surface area contributed by atoms with E-state index in [-0.39, 0.29) is 71.5 Å². The van der Waals surface area contributed by atoms with Crippen molar-refractivity contribution in [3.63, 3.8) is 0 Å². The second-order valence-corrected chi connectivity index (χ2v) is 18.0. The van der Waals surface area contributed by atoms with Crippen LogP contribution in [0.3, 0.4) is 0 Å². The van der Waals surface area contributed by atoms with Crippen LogP contribution in [-0.4, -0.2) is 123 Å². The summed E-state index contributed by atoms with van der Waals surface area (Å²) in [5.74, 6) is -6.35. The van der Waals surface area contributed by atoms with Crippen molar-refractivity contribution in [2.24, 2.45) is 17.6 Å². The van der Waals surface area contributed by atoms with Crippen LogP contribution in [0.4, 0.5) is 0 Å². The van der Waals surface area contributed by atoms with Crippen LogP contribution in [-0.2, 0) is 39.9 Å². The summed E-state index contributed by atoms with van der Waals surface area (Å²) in [5, 5.41) is 57.1. The molecule has 2 aromatic rings. The Balaban J connectivity index is 0.00000925. The number of carbonyl (C=O) groups excluding carboxylic acids is 7. The van der Waals surface area contributed by atoms with Crippen molar-refractivity contribution in [1.29, 1.82) is 0 Å². The van der Waals surface area contributed by atoms with Gasteiger partial charge in [-0.25, -0.2) is 0 Å². The van der Waals surface area contributed by atoms with E-state index in [0.717, 1.165) is 6.92 Å². The normalized spacial score (nSPS) is 24.2. The van der Waals surface area contributed by atoms with E-state index in [1.165, 1.54) is 46.1 Å². The van der Waals surface area contributed by atoms with Crippen molar-refractivity contribution in [1.82, 2.24) is 21.3 Å². The minimum absolute atomic E-state index is 0. The number of hydrogen-bond donors (Lipinski definition) is 9. The third-order valence-electron chi connectivity index (χ3n) is 11.9. The number of nitrogens with two attached hydrogens (primary N) is 1. The summed E-state index contributed by atoms with van der Waals surface area (Å²) in [7, 11) is 1.31. The van der Waals surface area contributed by atoms with Crippen molar-refractivity contribution in [2.75, 3.05) is 7.11 Å². The van der Waals surface area contributed by atoms with Gasteiger partial charge in [-0.3, -0.25) is 33.6 Å². The predicted octanol–water partition coefficient (Wildman–Crippen LogP) is 1.52. The lowest BCUT2D eigenvalue weighted by atomic mass is 9.72. The highest BCUT2D eigenvalue weighted by Crippen LogP contribution is 2.52. The van der Waals surface area contributed by atoms with E-state index in [0.29, 0.717) is 0 Å². The van der Waals surface area contributed by atoms with Crippen molar-refractivity contribution >= 4 is 53.4 Å². The highest BCUT2D eigenvalue weighted by molar-refractivity contribution is 6.31. The number of aliphatic hydroxyl groups is 2. The molecule has 20 heteroatoms. The van der Waals surface area contributed by atoms with Gasteiger partial charge in [-0.15, -0.1) is 12.4 Å². The Morgan fingerprint density at radius 1 is 0.862 bits per heavy atom. The van der Waals surface area contributed by atoms with E-state index in [9.17, 15) is 54.0 Å². The maximum Gasteiger partial charge on any atom is 0.243 e. The van der Waals surface area contributed by atoms with Crippen LogP contribution in [0.1, 0.15) is 130 Å². The van der Waals surface area contributed by atoms with Gasteiger partial charge in [-0.1, -0.05) is 39.8 Å². The Morgan fingerprint density at radius 2 is 1.45 bits per heavy atom. The number of rotatable bonds is 16. The molecule has 1 saturated heterocycles. The van der Waals surface area contributed by atoms with Crippen LogP contribution < -0.4 is 31.7 Å². The Hall–Kier alpha value is -5.18.